The normalized spacial score (nSPS) is 15.5. The average Bonchev–Trinajstić information content (AvgIpc) is 3.29. The van der Waals surface area contributed by atoms with E-state index in [-0.39, 0.29) is 0 Å². The molecule has 0 atom stereocenters. The van der Waals surface area contributed by atoms with E-state index in [1.807, 2.05) is 0 Å². The van der Waals surface area contributed by atoms with Crippen LogP contribution in [0.5, 0.6) is 0 Å². The molecule has 170 valence electrons. The molecule has 3 heteroatoms. The molecule has 0 radical (unpaired) electrons. The highest BCUT2D eigenvalue weighted by Gasteiger charge is 2.26. The van der Waals surface area contributed by atoms with Gasteiger partial charge in [-0.15, -0.1) is 0 Å². The van der Waals surface area contributed by atoms with Crippen LogP contribution in [0.25, 0.3) is 10.9 Å². The lowest BCUT2D eigenvalue weighted by atomic mass is 9.96. The van der Waals surface area contributed by atoms with Crippen LogP contribution in [0.2, 0.25) is 0 Å². The molecular formula is C30H35N3. The van der Waals surface area contributed by atoms with Gasteiger partial charge in [0.2, 0.25) is 0 Å². The Morgan fingerprint density at radius 2 is 1.30 bits per heavy atom. The summed E-state index contributed by atoms with van der Waals surface area (Å²) in [6.07, 6.45) is 4.74. The molecule has 4 aromatic rings. The molecule has 2 heterocycles. The second-order valence-electron chi connectivity index (χ2n) is 9.33. The summed E-state index contributed by atoms with van der Waals surface area (Å²) in [6, 6.07) is 31.2. The molecule has 33 heavy (non-hydrogen) atoms. The van der Waals surface area contributed by atoms with Crippen molar-refractivity contribution in [3.8, 4) is 0 Å². The van der Waals surface area contributed by atoms with E-state index in [4.69, 9.17) is 0 Å². The fourth-order valence-corrected chi connectivity index (χ4v) is 5.32. The zero-order chi connectivity index (χ0) is 22.5. The third-order valence-electron chi connectivity index (χ3n) is 7.16. The molecule has 0 N–H and O–H groups in total. The number of piperazine rings is 1. The van der Waals surface area contributed by atoms with E-state index in [1.54, 1.807) is 0 Å². The standard InChI is InChI=1S/C30H35N3/c1-25-11-10-16-29-28(25)17-20-32(29)19-9-8-18-31-21-23-33(24-22-31)30(26-12-4-2-5-13-26)27-14-6-3-7-15-27/h2-7,10-17,20,30H,8-9,18-19,21-24H2,1H3. The molecule has 1 aromatic heterocycles. The molecule has 5 rings (SSSR count). The Morgan fingerprint density at radius 3 is 1.97 bits per heavy atom. The summed E-state index contributed by atoms with van der Waals surface area (Å²) in [7, 11) is 0. The maximum Gasteiger partial charge on any atom is 0.0602 e. The van der Waals surface area contributed by atoms with Crippen LogP contribution in [0, 0.1) is 6.92 Å². The zero-order valence-electron chi connectivity index (χ0n) is 19.7. The van der Waals surface area contributed by atoms with Gasteiger partial charge in [0.25, 0.3) is 0 Å². The van der Waals surface area contributed by atoms with Crippen LogP contribution in [0.15, 0.2) is 91.1 Å². The van der Waals surface area contributed by atoms with Crippen molar-refractivity contribution in [2.45, 2.75) is 32.4 Å². The molecule has 1 aliphatic heterocycles. The van der Waals surface area contributed by atoms with Crippen molar-refractivity contribution in [2.24, 2.45) is 0 Å². The van der Waals surface area contributed by atoms with Gasteiger partial charge in [0.15, 0.2) is 0 Å². The molecular weight excluding hydrogens is 402 g/mol. The summed E-state index contributed by atoms with van der Waals surface area (Å²) in [5.41, 5.74) is 5.53. The Morgan fingerprint density at radius 1 is 0.667 bits per heavy atom. The Hall–Kier alpha value is -2.88. The van der Waals surface area contributed by atoms with E-state index in [9.17, 15) is 0 Å². The SMILES string of the molecule is Cc1cccc2c1ccn2CCCCN1CCN(C(c2ccccc2)c2ccccc2)CC1. The molecule has 1 saturated heterocycles. The number of hydrogen-bond acceptors (Lipinski definition) is 2. The number of nitrogens with zero attached hydrogens (tertiary/aromatic N) is 3. The van der Waals surface area contributed by atoms with Crippen molar-refractivity contribution in [3.63, 3.8) is 0 Å². The highest BCUT2D eigenvalue weighted by Crippen LogP contribution is 2.29. The Kier molecular flexibility index (Phi) is 6.89. The minimum Gasteiger partial charge on any atom is -0.347 e. The Bertz CT molecular complexity index is 1100. The molecule has 3 nitrogen and oxygen atoms in total. The van der Waals surface area contributed by atoms with Crippen molar-refractivity contribution in [2.75, 3.05) is 32.7 Å². The molecule has 3 aromatic carbocycles. The number of aromatic nitrogens is 1. The largest absolute Gasteiger partial charge is 0.347 e. The third kappa shape index (κ3) is 5.05. The average molecular weight is 438 g/mol. The molecule has 0 unspecified atom stereocenters. The first-order chi connectivity index (χ1) is 16.3. The molecule has 1 fully saturated rings. The van der Waals surface area contributed by atoms with Crippen LogP contribution < -0.4 is 0 Å². The summed E-state index contributed by atoms with van der Waals surface area (Å²) in [6.45, 7) is 9.06. The molecule has 0 saturated carbocycles. The van der Waals surface area contributed by atoms with Gasteiger partial charge in [-0.1, -0.05) is 72.8 Å². The molecule has 0 bridgehead atoms. The van der Waals surface area contributed by atoms with E-state index < -0.39 is 0 Å². The maximum atomic E-state index is 2.66. The van der Waals surface area contributed by atoms with Crippen molar-refractivity contribution in [1.29, 1.82) is 0 Å². The molecule has 0 amide bonds. The van der Waals surface area contributed by atoms with Gasteiger partial charge in [-0.2, -0.15) is 0 Å². The van der Waals surface area contributed by atoms with E-state index in [1.165, 1.54) is 47.0 Å². The van der Waals surface area contributed by atoms with Crippen LogP contribution in [0.4, 0.5) is 0 Å². The molecule has 0 aliphatic carbocycles. The first kappa shape index (κ1) is 21.9. The van der Waals surface area contributed by atoms with Gasteiger partial charge < -0.3 is 9.47 Å². The van der Waals surface area contributed by atoms with Gasteiger partial charge in [0, 0.05) is 49.8 Å². The number of aryl methyl sites for hydroxylation is 2. The van der Waals surface area contributed by atoms with Crippen LogP contribution in [-0.4, -0.2) is 47.1 Å². The highest BCUT2D eigenvalue weighted by atomic mass is 15.3. The Labute approximate surface area is 198 Å². The van der Waals surface area contributed by atoms with Gasteiger partial charge in [-0.25, -0.2) is 0 Å². The van der Waals surface area contributed by atoms with Gasteiger partial charge >= 0.3 is 0 Å². The number of fused-ring (bicyclic) bond motifs is 1. The van der Waals surface area contributed by atoms with Crippen LogP contribution >= 0.6 is 0 Å². The molecule has 1 aliphatic rings. The van der Waals surface area contributed by atoms with Gasteiger partial charge in [0.1, 0.15) is 0 Å². The maximum absolute atomic E-state index is 2.66. The van der Waals surface area contributed by atoms with Crippen LogP contribution in [0.1, 0.15) is 35.6 Å². The lowest BCUT2D eigenvalue weighted by Crippen LogP contribution is -2.48. The second-order valence-corrected chi connectivity index (χ2v) is 9.33. The van der Waals surface area contributed by atoms with Crippen molar-refractivity contribution in [1.82, 2.24) is 14.4 Å². The Balaban J connectivity index is 1.14. The van der Waals surface area contributed by atoms with Crippen LogP contribution in [-0.2, 0) is 6.54 Å². The number of benzene rings is 3. The predicted octanol–water partition coefficient (Wildman–Crippen LogP) is 6.14. The predicted molar refractivity (Wildman–Crippen MR) is 139 cm³/mol. The lowest BCUT2D eigenvalue weighted by Gasteiger charge is -2.40. The summed E-state index contributed by atoms with van der Waals surface area (Å²) in [4.78, 5) is 5.32. The summed E-state index contributed by atoms with van der Waals surface area (Å²) in [5.74, 6) is 0. The van der Waals surface area contributed by atoms with Crippen LogP contribution in [0.3, 0.4) is 0 Å². The van der Waals surface area contributed by atoms with Gasteiger partial charge in [0.05, 0.1) is 6.04 Å². The van der Waals surface area contributed by atoms with E-state index in [0.29, 0.717) is 6.04 Å². The summed E-state index contributed by atoms with van der Waals surface area (Å²) < 4.78 is 2.42. The monoisotopic (exact) mass is 437 g/mol. The summed E-state index contributed by atoms with van der Waals surface area (Å²) >= 11 is 0. The fraction of sp³-hybridized carbons (Fsp3) is 0.333. The van der Waals surface area contributed by atoms with Gasteiger partial charge in [-0.3, -0.25) is 4.90 Å². The number of hydrogen-bond donors (Lipinski definition) is 0. The van der Waals surface area contributed by atoms with Crippen molar-refractivity contribution in [3.05, 3.63) is 108 Å². The number of rotatable bonds is 8. The minimum absolute atomic E-state index is 0.347. The highest BCUT2D eigenvalue weighted by molar-refractivity contribution is 5.83. The van der Waals surface area contributed by atoms with Gasteiger partial charge in [-0.05, 0) is 55.1 Å². The second kappa shape index (κ2) is 10.4. The first-order valence-corrected chi connectivity index (χ1v) is 12.4. The summed E-state index contributed by atoms with van der Waals surface area (Å²) in [5, 5.41) is 1.39. The lowest BCUT2D eigenvalue weighted by molar-refractivity contribution is 0.108. The minimum atomic E-state index is 0.347. The van der Waals surface area contributed by atoms with E-state index in [0.717, 1.165) is 32.7 Å². The first-order valence-electron chi connectivity index (χ1n) is 12.4. The molecule has 0 spiro atoms. The smallest absolute Gasteiger partial charge is 0.0602 e. The third-order valence-corrected chi connectivity index (χ3v) is 7.16. The topological polar surface area (TPSA) is 11.4 Å². The van der Waals surface area contributed by atoms with E-state index in [2.05, 4.69) is 112 Å². The fourth-order valence-electron chi connectivity index (χ4n) is 5.32. The van der Waals surface area contributed by atoms with Crippen molar-refractivity contribution < 1.29 is 0 Å². The van der Waals surface area contributed by atoms with Crippen molar-refractivity contribution >= 4 is 10.9 Å². The number of unbranched alkanes of at least 4 members (excludes halogenated alkanes) is 1. The van der Waals surface area contributed by atoms with E-state index >= 15 is 0 Å². The quantitative estimate of drug-likeness (QED) is 0.307. The zero-order valence-corrected chi connectivity index (χ0v) is 19.7.